The summed E-state index contributed by atoms with van der Waals surface area (Å²) in [6.45, 7) is 0. The van der Waals surface area contributed by atoms with Gasteiger partial charge in [0, 0.05) is 0 Å². The van der Waals surface area contributed by atoms with E-state index in [-0.39, 0.29) is 61.2 Å². The van der Waals surface area contributed by atoms with Crippen LogP contribution in [-0.4, -0.2) is 10.6 Å². The first-order valence-corrected chi connectivity index (χ1v) is 0.548. The van der Waals surface area contributed by atoms with Gasteiger partial charge >= 0.3 is 55.8 Å². The summed E-state index contributed by atoms with van der Waals surface area (Å²) in [5, 5.41) is 14.8. The van der Waals surface area contributed by atoms with Crippen LogP contribution in [0.15, 0.2) is 0 Å². The molecule has 0 bridgehead atoms. The SMILES string of the molecule is O=[N+]([O-])[O-].[Na+].[OH-].[Zr+4]. The smallest absolute Gasteiger partial charge is 0.870 e. The average Bonchev–Trinajstić information content (AvgIpc) is 0.811. The standard InChI is InChI=1S/NO3.Na.H2O.Zr/c2-1(3)4;;;/h;;1H2;/q-1;+1;;+4/p-1. The normalized spacial score (nSPS) is 3.43. The Labute approximate surface area is 80.9 Å². The Kier molecular flexibility index (Phi) is 54.9. The van der Waals surface area contributed by atoms with E-state index in [9.17, 15) is 0 Å². The van der Waals surface area contributed by atoms with Gasteiger partial charge in [0.15, 0.2) is 0 Å². The molecule has 0 saturated heterocycles. The fourth-order valence-corrected chi connectivity index (χ4v) is 0. The van der Waals surface area contributed by atoms with Crippen molar-refractivity contribution in [2.24, 2.45) is 0 Å². The van der Waals surface area contributed by atoms with Gasteiger partial charge in [-0.05, 0) is 0 Å². The van der Waals surface area contributed by atoms with Crippen molar-refractivity contribution in [3.8, 4) is 0 Å². The number of nitrogens with zero attached hydrogens (tertiary/aromatic N) is 1. The van der Waals surface area contributed by atoms with Gasteiger partial charge < -0.3 is 20.8 Å². The second-order valence-electron chi connectivity index (χ2n) is 0.224. The van der Waals surface area contributed by atoms with Crippen molar-refractivity contribution < 1.29 is 66.3 Å². The number of hydrogen-bond acceptors (Lipinski definition) is 4. The number of rotatable bonds is 0. The van der Waals surface area contributed by atoms with E-state index in [1.54, 1.807) is 0 Å². The monoisotopic (exact) mass is 192 g/mol. The minimum Gasteiger partial charge on any atom is -0.870 e. The van der Waals surface area contributed by atoms with Crippen LogP contribution in [0.3, 0.4) is 0 Å². The maximum Gasteiger partial charge on any atom is 4.00 e. The summed E-state index contributed by atoms with van der Waals surface area (Å²) in [6.07, 6.45) is 0. The molecule has 0 aromatic carbocycles. The summed E-state index contributed by atoms with van der Waals surface area (Å²) in [4.78, 5) is 8.25. The van der Waals surface area contributed by atoms with Crippen LogP contribution in [0, 0.1) is 15.3 Å². The molecule has 0 radical (unpaired) electrons. The molecular formula is HNNaO4Zr+3. The fraction of sp³-hybridized carbons (Fsp3) is 0. The summed E-state index contributed by atoms with van der Waals surface area (Å²) in [5.41, 5.74) is 0. The molecule has 5 nitrogen and oxygen atoms in total. The Hall–Kier alpha value is 1.04. The van der Waals surface area contributed by atoms with E-state index in [2.05, 4.69) is 0 Å². The first kappa shape index (κ1) is 24.4. The van der Waals surface area contributed by atoms with E-state index in [0.29, 0.717) is 0 Å². The van der Waals surface area contributed by atoms with Crippen molar-refractivity contribution in [2.45, 2.75) is 0 Å². The van der Waals surface area contributed by atoms with Crippen molar-refractivity contribution in [1.82, 2.24) is 0 Å². The van der Waals surface area contributed by atoms with Gasteiger partial charge in [0.05, 0.1) is 5.09 Å². The van der Waals surface area contributed by atoms with Crippen LogP contribution in [0.25, 0.3) is 0 Å². The maximum atomic E-state index is 8.25. The quantitative estimate of drug-likeness (QED) is 0.227. The molecule has 0 saturated carbocycles. The van der Waals surface area contributed by atoms with Gasteiger partial charge in [0.2, 0.25) is 0 Å². The van der Waals surface area contributed by atoms with Crippen molar-refractivity contribution in [1.29, 1.82) is 0 Å². The third kappa shape index (κ3) is 165. The molecule has 0 rings (SSSR count). The third-order valence-corrected chi connectivity index (χ3v) is 0. The van der Waals surface area contributed by atoms with Crippen LogP contribution in [0.4, 0.5) is 0 Å². The molecule has 1 N–H and O–H groups in total. The molecule has 7 heavy (non-hydrogen) atoms. The molecule has 0 atom stereocenters. The van der Waals surface area contributed by atoms with Gasteiger partial charge in [-0.25, -0.2) is 0 Å². The zero-order valence-corrected chi connectivity index (χ0v) is 8.08. The van der Waals surface area contributed by atoms with E-state index in [0.717, 1.165) is 0 Å². The van der Waals surface area contributed by atoms with Crippen LogP contribution < -0.4 is 29.6 Å². The van der Waals surface area contributed by atoms with E-state index >= 15 is 0 Å². The van der Waals surface area contributed by atoms with Gasteiger partial charge in [0.1, 0.15) is 0 Å². The summed E-state index contributed by atoms with van der Waals surface area (Å²) in [6, 6.07) is 0. The van der Waals surface area contributed by atoms with E-state index in [1.807, 2.05) is 0 Å². The Morgan fingerprint density at radius 1 is 1.29 bits per heavy atom. The Bertz CT molecular complexity index is 34.7. The zero-order chi connectivity index (χ0) is 3.58. The molecule has 0 aliphatic heterocycles. The van der Waals surface area contributed by atoms with Gasteiger partial charge in [-0.2, -0.15) is 0 Å². The van der Waals surface area contributed by atoms with Crippen molar-refractivity contribution >= 4 is 0 Å². The van der Waals surface area contributed by atoms with Gasteiger partial charge in [-0.15, -0.1) is 0 Å². The molecular weight excluding hydrogens is 192 g/mol. The largest absolute Gasteiger partial charge is 4.00 e. The molecule has 0 spiro atoms. The van der Waals surface area contributed by atoms with Crippen LogP contribution in [0.2, 0.25) is 0 Å². The predicted octanol–water partition coefficient (Wildman–Crippen LogP) is -3.41. The number of hydrogen-bond donors (Lipinski definition) is 0. The Balaban J connectivity index is -0.0000000150. The Morgan fingerprint density at radius 3 is 1.29 bits per heavy atom. The van der Waals surface area contributed by atoms with Crippen LogP contribution in [-0.2, 0) is 26.2 Å². The van der Waals surface area contributed by atoms with Gasteiger partial charge in [-0.3, -0.25) is 0 Å². The molecule has 0 heterocycles. The third-order valence-electron chi connectivity index (χ3n) is 0. The van der Waals surface area contributed by atoms with Crippen molar-refractivity contribution in [3.63, 3.8) is 0 Å². The van der Waals surface area contributed by atoms with Crippen LogP contribution in [0.1, 0.15) is 0 Å². The molecule has 0 amide bonds. The Morgan fingerprint density at radius 2 is 1.29 bits per heavy atom. The summed E-state index contributed by atoms with van der Waals surface area (Å²) in [5.74, 6) is 0. The molecule has 0 aliphatic carbocycles. The summed E-state index contributed by atoms with van der Waals surface area (Å²) in [7, 11) is 0. The minimum absolute atomic E-state index is 0. The minimum atomic E-state index is -1.75. The molecule has 0 aromatic heterocycles. The summed E-state index contributed by atoms with van der Waals surface area (Å²) < 4.78 is 0. The average molecular weight is 193 g/mol. The van der Waals surface area contributed by atoms with E-state index < -0.39 is 5.09 Å². The van der Waals surface area contributed by atoms with Crippen LogP contribution in [0.5, 0.6) is 0 Å². The summed E-state index contributed by atoms with van der Waals surface area (Å²) >= 11 is 0. The van der Waals surface area contributed by atoms with Crippen molar-refractivity contribution in [2.75, 3.05) is 0 Å². The van der Waals surface area contributed by atoms with E-state index in [1.165, 1.54) is 0 Å². The molecule has 0 fully saturated rings. The predicted molar refractivity (Wildman–Crippen MR) is 12.3 cm³/mol. The van der Waals surface area contributed by atoms with Gasteiger partial charge in [-0.1, -0.05) is 0 Å². The molecule has 0 unspecified atom stereocenters. The van der Waals surface area contributed by atoms with Crippen LogP contribution >= 0.6 is 0 Å². The first-order valence-electron chi connectivity index (χ1n) is 0.548. The van der Waals surface area contributed by atoms with Gasteiger partial charge in [0.25, 0.3) is 0 Å². The first-order chi connectivity index (χ1) is 1.73. The zero-order valence-electron chi connectivity index (χ0n) is 3.62. The second kappa shape index (κ2) is 15.7. The molecule has 32 valence electrons. The maximum absolute atomic E-state index is 8.25. The van der Waals surface area contributed by atoms with E-state index in [4.69, 9.17) is 15.3 Å². The fourth-order valence-electron chi connectivity index (χ4n) is 0. The topological polar surface area (TPSA) is 96.2 Å². The second-order valence-corrected chi connectivity index (χ2v) is 0.224. The van der Waals surface area contributed by atoms with Crippen molar-refractivity contribution in [3.05, 3.63) is 15.3 Å². The molecule has 0 aliphatic rings. The molecule has 0 aromatic rings. The molecule has 7 heteroatoms.